The summed E-state index contributed by atoms with van der Waals surface area (Å²) in [5.41, 5.74) is 1.40. The van der Waals surface area contributed by atoms with Crippen LogP contribution in [0.25, 0.3) is 0 Å². The summed E-state index contributed by atoms with van der Waals surface area (Å²) >= 11 is 0. The highest BCUT2D eigenvalue weighted by molar-refractivity contribution is 5.14. The molecule has 1 aromatic carbocycles. The minimum atomic E-state index is 0.700. The van der Waals surface area contributed by atoms with Crippen LogP contribution in [0.15, 0.2) is 30.3 Å². The summed E-state index contributed by atoms with van der Waals surface area (Å²) in [5.74, 6) is 0. The molecule has 0 fully saturated rings. The Balaban J connectivity index is 2.16. The number of rotatable bonds is 12. The summed E-state index contributed by atoms with van der Waals surface area (Å²) in [6.45, 7) is 5.59. The monoisotopic (exact) mass is 275 g/mol. The Bertz CT molecular complexity index is 307. The third-order valence-electron chi connectivity index (χ3n) is 3.98. The molecule has 0 bridgehead atoms. The summed E-state index contributed by atoms with van der Waals surface area (Å²) < 4.78 is 0. The lowest BCUT2D eigenvalue weighted by atomic mass is 10.0. The van der Waals surface area contributed by atoms with Gasteiger partial charge < -0.3 is 5.32 Å². The highest BCUT2D eigenvalue weighted by Gasteiger charge is 2.06. The Hall–Kier alpha value is -0.820. The molecule has 1 rings (SSSR count). The second-order valence-corrected chi connectivity index (χ2v) is 5.91. The summed E-state index contributed by atoms with van der Waals surface area (Å²) in [7, 11) is 0. The Morgan fingerprint density at radius 3 is 2.20 bits per heavy atom. The van der Waals surface area contributed by atoms with Crippen molar-refractivity contribution < 1.29 is 0 Å². The zero-order valence-electron chi connectivity index (χ0n) is 13.5. The third kappa shape index (κ3) is 8.37. The van der Waals surface area contributed by atoms with E-state index in [9.17, 15) is 0 Å². The molecule has 0 aliphatic rings. The molecular formula is C19H33N. The average Bonchev–Trinajstić information content (AvgIpc) is 2.49. The van der Waals surface area contributed by atoms with Crippen molar-refractivity contribution in [2.75, 3.05) is 0 Å². The lowest BCUT2D eigenvalue weighted by Crippen LogP contribution is -2.28. The second-order valence-electron chi connectivity index (χ2n) is 5.91. The molecule has 0 heterocycles. The summed E-state index contributed by atoms with van der Waals surface area (Å²) in [5, 5.41) is 3.74. The van der Waals surface area contributed by atoms with Crippen LogP contribution in [0, 0.1) is 0 Å². The van der Waals surface area contributed by atoms with E-state index in [1.807, 2.05) is 0 Å². The molecule has 1 nitrogen and oxygen atoms in total. The van der Waals surface area contributed by atoms with Gasteiger partial charge in [0, 0.05) is 12.6 Å². The Kier molecular flexibility index (Phi) is 10.3. The molecule has 1 heteroatoms. The predicted molar refractivity (Wildman–Crippen MR) is 90.0 cm³/mol. The van der Waals surface area contributed by atoms with Gasteiger partial charge in [-0.15, -0.1) is 0 Å². The van der Waals surface area contributed by atoms with Crippen molar-refractivity contribution in [1.29, 1.82) is 0 Å². The van der Waals surface area contributed by atoms with E-state index in [1.165, 1.54) is 63.4 Å². The van der Waals surface area contributed by atoms with Gasteiger partial charge in [0.2, 0.25) is 0 Å². The fourth-order valence-electron chi connectivity index (χ4n) is 2.73. The van der Waals surface area contributed by atoms with Crippen LogP contribution in [0.3, 0.4) is 0 Å². The maximum absolute atomic E-state index is 3.74. The molecule has 0 amide bonds. The molecule has 0 spiro atoms. The van der Waals surface area contributed by atoms with Crippen molar-refractivity contribution in [2.24, 2.45) is 0 Å². The van der Waals surface area contributed by atoms with Crippen LogP contribution < -0.4 is 5.32 Å². The fraction of sp³-hybridized carbons (Fsp3) is 0.684. The van der Waals surface area contributed by atoms with Gasteiger partial charge in [-0.25, -0.2) is 0 Å². The fourth-order valence-corrected chi connectivity index (χ4v) is 2.73. The molecule has 0 aliphatic heterocycles. The van der Waals surface area contributed by atoms with E-state index in [4.69, 9.17) is 0 Å². The van der Waals surface area contributed by atoms with E-state index >= 15 is 0 Å². The quantitative estimate of drug-likeness (QED) is 0.483. The third-order valence-corrected chi connectivity index (χ3v) is 3.98. The lowest BCUT2D eigenvalue weighted by molar-refractivity contribution is 0.425. The van der Waals surface area contributed by atoms with E-state index in [1.54, 1.807) is 0 Å². The molecule has 114 valence electrons. The van der Waals surface area contributed by atoms with E-state index in [0.29, 0.717) is 6.04 Å². The van der Waals surface area contributed by atoms with Gasteiger partial charge in [0.15, 0.2) is 0 Å². The predicted octanol–water partition coefficient (Wildman–Crippen LogP) is 5.70. The van der Waals surface area contributed by atoms with Gasteiger partial charge in [0.05, 0.1) is 0 Å². The van der Waals surface area contributed by atoms with E-state index in [2.05, 4.69) is 49.5 Å². The van der Waals surface area contributed by atoms with Crippen molar-refractivity contribution in [2.45, 2.75) is 84.2 Å². The number of hydrogen-bond acceptors (Lipinski definition) is 1. The van der Waals surface area contributed by atoms with Crippen LogP contribution in [0.5, 0.6) is 0 Å². The largest absolute Gasteiger partial charge is 0.310 e. The molecule has 20 heavy (non-hydrogen) atoms. The normalized spacial score (nSPS) is 12.5. The number of hydrogen-bond donors (Lipinski definition) is 1. The minimum Gasteiger partial charge on any atom is -0.310 e. The summed E-state index contributed by atoms with van der Waals surface area (Å²) in [6, 6.07) is 11.5. The number of nitrogens with one attached hydrogen (secondary N) is 1. The topological polar surface area (TPSA) is 12.0 Å². The van der Waals surface area contributed by atoms with Crippen molar-refractivity contribution in [3.05, 3.63) is 35.9 Å². The van der Waals surface area contributed by atoms with Gasteiger partial charge in [-0.2, -0.15) is 0 Å². The van der Waals surface area contributed by atoms with Crippen LogP contribution in [-0.4, -0.2) is 6.04 Å². The van der Waals surface area contributed by atoms with Gasteiger partial charge in [-0.05, 0) is 18.4 Å². The van der Waals surface area contributed by atoms with Crippen LogP contribution >= 0.6 is 0 Å². The first-order valence-electron chi connectivity index (χ1n) is 8.64. The number of unbranched alkanes of at least 4 members (excludes halogenated alkanes) is 5. The molecule has 0 saturated heterocycles. The molecule has 1 atom stereocenters. The molecule has 1 aromatic rings. The maximum Gasteiger partial charge on any atom is 0.0208 e. The highest BCUT2D eigenvalue weighted by atomic mass is 14.9. The Morgan fingerprint density at radius 1 is 0.800 bits per heavy atom. The van der Waals surface area contributed by atoms with Crippen LogP contribution in [0.2, 0.25) is 0 Å². The van der Waals surface area contributed by atoms with Crippen molar-refractivity contribution in [3.63, 3.8) is 0 Å². The standard InChI is InChI=1S/C19H33N/c1-3-5-6-7-8-12-16-19(13-4-2)20-17-18-14-10-9-11-15-18/h9-11,14-15,19-20H,3-8,12-13,16-17H2,1-2H3. The first-order valence-corrected chi connectivity index (χ1v) is 8.64. The van der Waals surface area contributed by atoms with Gasteiger partial charge >= 0.3 is 0 Å². The van der Waals surface area contributed by atoms with E-state index in [-0.39, 0.29) is 0 Å². The van der Waals surface area contributed by atoms with Crippen LogP contribution in [-0.2, 0) is 6.54 Å². The molecule has 0 radical (unpaired) electrons. The zero-order valence-corrected chi connectivity index (χ0v) is 13.5. The summed E-state index contributed by atoms with van der Waals surface area (Å²) in [6.07, 6.45) is 12.3. The Morgan fingerprint density at radius 2 is 1.50 bits per heavy atom. The summed E-state index contributed by atoms with van der Waals surface area (Å²) in [4.78, 5) is 0. The van der Waals surface area contributed by atoms with Crippen LogP contribution in [0.1, 0.15) is 77.2 Å². The van der Waals surface area contributed by atoms with Gasteiger partial charge in [-0.3, -0.25) is 0 Å². The second kappa shape index (κ2) is 12.0. The SMILES string of the molecule is CCCCCCCCC(CCC)NCc1ccccc1. The van der Waals surface area contributed by atoms with Gasteiger partial charge in [0.1, 0.15) is 0 Å². The van der Waals surface area contributed by atoms with E-state index in [0.717, 1.165) is 6.54 Å². The van der Waals surface area contributed by atoms with Crippen molar-refractivity contribution in [3.8, 4) is 0 Å². The minimum absolute atomic E-state index is 0.700. The van der Waals surface area contributed by atoms with E-state index < -0.39 is 0 Å². The maximum atomic E-state index is 3.74. The van der Waals surface area contributed by atoms with Crippen molar-refractivity contribution >= 4 is 0 Å². The zero-order chi connectivity index (χ0) is 14.5. The average molecular weight is 275 g/mol. The molecule has 0 aliphatic carbocycles. The van der Waals surface area contributed by atoms with Crippen molar-refractivity contribution in [1.82, 2.24) is 5.32 Å². The highest BCUT2D eigenvalue weighted by Crippen LogP contribution is 2.12. The molecule has 0 saturated carbocycles. The van der Waals surface area contributed by atoms with Gasteiger partial charge in [0.25, 0.3) is 0 Å². The van der Waals surface area contributed by atoms with Gasteiger partial charge in [-0.1, -0.05) is 89.1 Å². The first-order chi connectivity index (χ1) is 9.86. The smallest absolute Gasteiger partial charge is 0.0208 e. The first kappa shape index (κ1) is 17.2. The molecule has 0 aromatic heterocycles. The van der Waals surface area contributed by atoms with Crippen LogP contribution in [0.4, 0.5) is 0 Å². The number of benzene rings is 1. The molecule has 1 unspecified atom stereocenters. The lowest BCUT2D eigenvalue weighted by Gasteiger charge is -2.18. The molecule has 1 N–H and O–H groups in total. The molecular weight excluding hydrogens is 242 g/mol. The Labute approximate surface area is 126 Å².